The van der Waals surface area contributed by atoms with Gasteiger partial charge in [-0.15, -0.1) is 17.0 Å². The van der Waals surface area contributed by atoms with E-state index in [0.717, 1.165) is 17.1 Å². The van der Waals surface area contributed by atoms with Crippen LogP contribution in [0.2, 0.25) is 0 Å². The summed E-state index contributed by atoms with van der Waals surface area (Å²) in [6.07, 6.45) is 0. The van der Waals surface area contributed by atoms with E-state index >= 15 is 0 Å². The second kappa shape index (κ2) is 11.9. The molecule has 238 valence electrons. The molecule has 0 aromatic carbocycles. The molecule has 3 rings (SSSR count). The van der Waals surface area contributed by atoms with Crippen LogP contribution >= 0.6 is 17.0 Å². The van der Waals surface area contributed by atoms with Crippen molar-refractivity contribution in [3.63, 3.8) is 0 Å². The standard InChI is InChI=1S/C33H57BN6.BrH.Fe/c1-28(2,3)22-19(23(36-35-22)29(4,5)6)34(20-24(30(7,8)9)37-38-25(20)31(10,11)12)21-26(32(13,14)15)39-40-27(21)33(16,17)18;;/h1-18H3,(H,35,36)(H,37,38)(H,39,40);1H;. The van der Waals surface area contributed by atoms with Crippen molar-refractivity contribution in [3.8, 4) is 0 Å². The number of rotatable bonds is 3. The molecule has 0 amide bonds. The summed E-state index contributed by atoms with van der Waals surface area (Å²) in [6.45, 7) is 40.8. The van der Waals surface area contributed by atoms with Gasteiger partial charge in [0.15, 0.2) is 0 Å². The predicted octanol–water partition coefficient (Wildman–Crippen LogP) is 6.73. The molecule has 0 fully saturated rings. The summed E-state index contributed by atoms with van der Waals surface area (Å²) in [6, 6.07) is 0. The first-order valence-electron chi connectivity index (χ1n) is 15.0. The van der Waals surface area contributed by atoms with Gasteiger partial charge in [0.2, 0.25) is 0 Å². The molecule has 3 N–H and O–H groups in total. The second-order valence-corrected chi connectivity index (χ2v) is 18.0. The van der Waals surface area contributed by atoms with Crippen molar-refractivity contribution in [2.24, 2.45) is 0 Å². The molecule has 3 heterocycles. The molecule has 42 heavy (non-hydrogen) atoms. The molecule has 0 spiro atoms. The van der Waals surface area contributed by atoms with Crippen LogP contribution < -0.4 is 16.4 Å². The van der Waals surface area contributed by atoms with E-state index in [1.807, 2.05) is 0 Å². The van der Waals surface area contributed by atoms with E-state index in [1.165, 1.54) is 33.5 Å². The van der Waals surface area contributed by atoms with E-state index in [0.29, 0.717) is 0 Å². The van der Waals surface area contributed by atoms with Gasteiger partial charge >= 0.3 is 0 Å². The molecule has 9 heteroatoms. The first-order valence-corrected chi connectivity index (χ1v) is 15.0. The summed E-state index contributed by atoms with van der Waals surface area (Å²) in [4.78, 5) is 0. The fraction of sp³-hybridized carbons (Fsp3) is 0.727. The monoisotopic (exact) mass is 684 g/mol. The molecule has 0 atom stereocenters. The molecular weight excluding hydrogens is 627 g/mol. The zero-order valence-corrected chi connectivity index (χ0v) is 32.5. The third-order valence-electron chi connectivity index (χ3n) is 7.66. The zero-order chi connectivity index (χ0) is 31.0. The summed E-state index contributed by atoms with van der Waals surface area (Å²) >= 11 is 0. The Hall–Kier alpha value is -1.31. The average Bonchev–Trinajstić information content (AvgIpc) is 3.42. The van der Waals surface area contributed by atoms with Crippen LogP contribution in [0.5, 0.6) is 0 Å². The molecule has 0 unspecified atom stereocenters. The first kappa shape index (κ1) is 38.7. The minimum Gasteiger partial charge on any atom is -0.282 e. The number of aromatic nitrogens is 6. The van der Waals surface area contributed by atoms with Gasteiger partial charge in [0, 0.05) is 66.6 Å². The maximum Gasteiger partial charge on any atom is 0.255 e. The maximum absolute atomic E-state index is 5.08. The van der Waals surface area contributed by atoms with Gasteiger partial charge in [-0.1, -0.05) is 125 Å². The van der Waals surface area contributed by atoms with Crippen LogP contribution in [0.15, 0.2) is 0 Å². The fourth-order valence-corrected chi connectivity index (χ4v) is 5.76. The zero-order valence-electron chi connectivity index (χ0n) is 29.7. The van der Waals surface area contributed by atoms with E-state index in [2.05, 4.69) is 140 Å². The number of nitrogens with zero attached hydrogens (tertiary/aromatic N) is 3. The number of hydrogen-bond donors (Lipinski definition) is 3. The van der Waals surface area contributed by atoms with Gasteiger partial charge in [0.1, 0.15) is 0 Å². The summed E-state index contributed by atoms with van der Waals surface area (Å²) in [7, 11) is 0. The van der Waals surface area contributed by atoms with E-state index < -0.39 is 0 Å². The average molecular weight is 685 g/mol. The fourth-order valence-electron chi connectivity index (χ4n) is 5.76. The summed E-state index contributed by atoms with van der Waals surface area (Å²) in [5, 5.41) is 25.9. The van der Waals surface area contributed by atoms with Gasteiger partial charge in [-0.3, -0.25) is 15.3 Å². The van der Waals surface area contributed by atoms with Crippen LogP contribution in [0, 0.1) is 0 Å². The third-order valence-corrected chi connectivity index (χ3v) is 7.66. The molecule has 3 aromatic rings. The Kier molecular flexibility index (Phi) is 11.0. The minimum atomic E-state index is -0.172. The van der Waals surface area contributed by atoms with Gasteiger partial charge in [0.05, 0.1) is 17.1 Å². The van der Waals surface area contributed by atoms with Gasteiger partial charge in [0.25, 0.3) is 6.71 Å². The largest absolute Gasteiger partial charge is 0.282 e. The molecule has 0 saturated heterocycles. The van der Waals surface area contributed by atoms with Crippen LogP contribution in [0.3, 0.4) is 0 Å². The van der Waals surface area contributed by atoms with Crippen LogP contribution in [0.4, 0.5) is 0 Å². The minimum absolute atomic E-state index is 0. The molecule has 3 aromatic heterocycles. The number of hydrogen-bond acceptors (Lipinski definition) is 3. The van der Waals surface area contributed by atoms with E-state index in [4.69, 9.17) is 15.3 Å². The van der Waals surface area contributed by atoms with Crippen molar-refractivity contribution in [3.05, 3.63) is 34.2 Å². The number of H-pyrrole nitrogens is 3. The van der Waals surface area contributed by atoms with Crippen molar-refractivity contribution >= 4 is 40.1 Å². The summed E-state index contributed by atoms with van der Waals surface area (Å²) in [5.74, 6) is 0. The Morgan fingerprint density at radius 2 is 0.571 bits per heavy atom. The van der Waals surface area contributed by atoms with Crippen molar-refractivity contribution in [1.82, 2.24) is 30.6 Å². The van der Waals surface area contributed by atoms with Gasteiger partial charge in [-0.2, -0.15) is 15.3 Å². The molecule has 0 saturated carbocycles. The van der Waals surface area contributed by atoms with Gasteiger partial charge < -0.3 is 0 Å². The van der Waals surface area contributed by atoms with E-state index in [-0.39, 0.29) is 73.3 Å². The normalized spacial score (nSPS) is 13.6. The van der Waals surface area contributed by atoms with Crippen LogP contribution in [0.1, 0.15) is 159 Å². The second-order valence-electron chi connectivity index (χ2n) is 18.0. The molecule has 6 nitrogen and oxygen atoms in total. The van der Waals surface area contributed by atoms with Crippen molar-refractivity contribution < 1.29 is 17.1 Å². The molecule has 0 bridgehead atoms. The molecule has 0 aliphatic rings. The Labute approximate surface area is 277 Å². The molecule has 0 radical (unpaired) electrons. The smallest absolute Gasteiger partial charge is 0.255 e. The van der Waals surface area contributed by atoms with Gasteiger partial charge in [-0.25, -0.2) is 0 Å². The topological polar surface area (TPSA) is 86.0 Å². The van der Waals surface area contributed by atoms with Gasteiger partial charge in [-0.05, 0) is 16.4 Å². The predicted molar refractivity (Wildman–Crippen MR) is 183 cm³/mol. The molecule has 0 aliphatic heterocycles. The van der Waals surface area contributed by atoms with Crippen molar-refractivity contribution in [1.29, 1.82) is 0 Å². The van der Waals surface area contributed by atoms with Crippen LogP contribution in [0.25, 0.3) is 0 Å². The molecular formula is C33H58BBrFeN6. The number of nitrogens with one attached hydrogen (secondary N) is 3. The van der Waals surface area contributed by atoms with Crippen molar-refractivity contribution in [2.75, 3.05) is 0 Å². The first-order chi connectivity index (χ1) is 17.7. The Morgan fingerprint density at radius 1 is 0.381 bits per heavy atom. The summed E-state index contributed by atoms with van der Waals surface area (Å²) < 4.78 is 0. The Morgan fingerprint density at radius 3 is 0.714 bits per heavy atom. The molecule has 0 aliphatic carbocycles. The quantitative estimate of drug-likeness (QED) is 0.268. The SMILES string of the molecule is Br.CC(C)(C)c1n[nH]c(C(C)(C)C)c1B(c1c(C(C)(C)C)n[nH]c1C(C)(C)C)c1c(C(C)(C)C)n[nH]c1C(C)(C)C.[Fe]. The maximum atomic E-state index is 5.08. The van der Waals surface area contributed by atoms with Crippen LogP contribution in [-0.2, 0) is 49.6 Å². The van der Waals surface area contributed by atoms with Crippen molar-refractivity contribution in [2.45, 2.75) is 157 Å². The Balaban J connectivity index is 0.00000441. The van der Waals surface area contributed by atoms with E-state index in [9.17, 15) is 0 Å². The Bertz CT molecular complexity index is 1090. The number of aromatic amines is 3. The van der Waals surface area contributed by atoms with Crippen LogP contribution in [-0.4, -0.2) is 37.3 Å². The summed E-state index contributed by atoms with van der Waals surface area (Å²) in [5.41, 5.74) is 9.63. The third kappa shape index (κ3) is 7.49. The van der Waals surface area contributed by atoms with E-state index in [1.54, 1.807) is 0 Å². The number of halogens is 1.